The molecule has 0 spiro atoms. The Hall–Kier alpha value is -3.96. The molecule has 2 aliphatic rings. The molecule has 1 aromatic heterocycles. The average Bonchev–Trinajstić information content (AvgIpc) is 3.53. The fourth-order valence-corrected chi connectivity index (χ4v) is 8.31. The van der Waals surface area contributed by atoms with Crippen LogP contribution < -0.4 is 5.32 Å². The monoisotopic (exact) mass is 723 g/mol. The molecule has 0 saturated carbocycles. The fraction of sp³-hybridized carbons (Fsp3) is 0.378. The Bertz CT molecular complexity index is 1970. The van der Waals surface area contributed by atoms with E-state index in [2.05, 4.69) is 17.4 Å². The van der Waals surface area contributed by atoms with E-state index in [-0.39, 0.29) is 28.6 Å². The van der Waals surface area contributed by atoms with Crippen molar-refractivity contribution in [1.29, 1.82) is 0 Å². The number of carbonyl (C=O) groups excluding carboxylic acids is 3. The lowest BCUT2D eigenvalue weighted by molar-refractivity contribution is -0.150. The number of fused-ring (bicyclic) bond motifs is 2. The summed E-state index contributed by atoms with van der Waals surface area (Å²) in [6.45, 7) is 6.80. The standard InChI is InChI=1S/C37H40F2N3O6PS/c1-36(2,3)32(40-33(43)31-20-27-18-28(15-16-30(27)50-31)37(38,39)49(46,47)48)35(45)42-22-26-13-8-7-12-24(26)19-29(42)34(44)41-17-9-14-25(21-41)23-10-5-4-6-11-23/h4-8,10-13,15-16,18,20,25,29,32H,9,14,17,19,21-22H2,1-3H3,(H,40,43)(H2,46,47,48)/t25-,29?,32+/m0/s1. The van der Waals surface area contributed by atoms with E-state index in [1.807, 2.05) is 68.1 Å². The maximum Gasteiger partial charge on any atom is 0.399 e. The normalized spacial score (nSPS) is 19.2. The number of thiophene rings is 1. The van der Waals surface area contributed by atoms with Gasteiger partial charge >= 0.3 is 13.3 Å². The van der Waals surface area contributed by atoms with Crippen LogP contribution in [0, 0.1) is 5.41 Å². The summed E-state index contributed by atoms with van der Waals surface area (Å²) in [5.74, 6) is -0.944. The first-order chi connectivity index (χ1) is 23.5. The minimum atomic E-state index is -5.78. The van der Waals surface area contributed by atoms with Crippen LogP contribution in [0.1, 0.15) is 71.5 Å². The molecule has 0 aliphatic carbocycles. The Morgan fingerprint density at radius 3 is 2.32 bits per heavy atom. The van der Waals surface area contributed by atoms with Gasteiger partial charge in [-0.2, -0.15) is 8.78 Å². The van der Waals surface area contributed by atoms with E-state index >= 15 is 0 Å². The third-order valence-corrected chi connectivity index (χ3v) is 11.8. The molecule has 2 aliphatic heterocycles. The summed E-state index contributed by atoms with van der Waals surface area (Å²) in [5, 5.41) is 3.08. The molecule has 6 rings (SSSR count). The largest absolute Gasteiger partial charge is 0.399 e. The van der Waals surface area contributed by atoms with Crippen LogP contribution in [0.25, 0.3) is 10.1 Å². The highest BCUT2D eigenvalue weighted by molar-refractivity contribution is 7.52. The van der Waals surface area contributed by atoms with Crippen LogP contribution in [-0.2, 0) is 32.8 Å². The smallest absolute Gasteiger partial charge is 0.340 e. The quantitative estimate of drug-likeness (QED) is 0.184. The SMILES string of the molecule is CC(C)(C)[C@H](NC(=O)c1cc2cc(C(F)(F)P(=O)(O)O)ccc2s1)C(=O)N1Cc2ccccc2CC1C(=O)N1CCC[C@H](c2ccccc2)C1. The van der Waals surface area contributed by atoms with Crippen LogP contribution in [0.4, 0.5) is 8.78 Å². The van der Waals surface area contributed by atoms with Crippen LogP contribution in [-0.4, -0.2) is 62.5 Å². The number of piperidine rings is 1. The third kappa shape index (κ3) is 7.12. The van der Waals surface area contributed by atoms with E-state index < -0.39 is 48.1 Å². The zero-order valence-electron chi connectivity index (χ0n) is 28.0. The molecular formula is C37H40F2N3O6PS. The molecule has 3 heterocycles. The summed E-state index contributed by atoms with van der Waals surface area (Å²) in [6.07, 6.45) is 2.15. The number of amides is 3. The van der Waals surface area contributed by atoms with Gasteiger partial charge in [0.05, 0.1) is 4.88 Å². The summed E-state index contributed by atoms with van der Waals surface area (Å²) in [6, 6.07) is 20.6. The molecule has 13 heteroatoms. The third-order valence-electron chi connectivity index (χ3n) is 9.66. The van der Waals surface area contributed by atoms with Crippen molar-refractivity contribution in [2.75, 3.05) is 13.1 Å². The molecule has 4 aromatic rings. The number of nitrogens with zero attached hydrogens (tertiary/aromatic N) is 2. The van der Waals surface area contributed by atoms with Gasteiger partial charge in [-0.1, -0.05) is 81.4 Å². The van der Waals surface area contributed by atoms with E-state index in [0.29, 0.717) is 24.2 Å². The molecule has 1 fully saturated rings. The molecule has 0 bridgehead atoms. The van der Waals surface area contributed by atoms with Gasteiger partial charge in [0.2, 0.25) is 11.8 Å². The van der Waals surface area contributed by atoms with Gasteiger partial charge in [0, 0.05) is 42.2 Å². The maximum atomic E-state index is 14.6. The van der Waals surface area contributed by atoms with Crippen LogP contribution in [0.5, 0.6) is 0 Å². The van der Waals surface area contributed by atoms with Gasteiger partial charge in [0.15, 0.2) is 0 Å². The van der Waals surface area contributed by atoms with Crippen molar-refractivity contribution in [3.05, 3.63) is 106 Å². The second-order valence-electron chi connectivity index (χ2n) is 14.2. The van der Waals surface area contributed by atoms with Gasteiger partial charge in [0.25, 0.3) is 5.91 Å². The highest BCUT2D eigenvalue weighted by atomic mass is 32.1. The minimum absolute atomic E-state index is 0.125. The number of hydrogen-bond acceptors (Lipinski definition) is 5. The molecule has 1 saturated heterocycles. The van der Waals surface area contributed by atoms with E-state index in [9.17, 15) is 37.5 Å². The maximum absolute atomic E-state index is 14.6. The van der Waals surface area contributed by atoms with Crippen molar-refractivity contribution in [2.45, 2.75) is 70.2 Å². The van der Waals surface area contributed by atoms with E-state index in [1.54, 1.807) is 4.90 Å². The number of nitrogens with one attached hydrogen (secondary N) is 1. The first kappa shape index (κ1) is 35.9. The molecule has 0 radical (unpaired) electrons. The van der Waals surface area contributed by atoms with Gasteiger partial charge in [-0.25, -0.2) is 0 Å². The Balaban J connectivity index is 1.27. The van der Waals surface area contributed by atoms with Gasteiger partial charge in [-0.3, -0.25) is 18.9 Å². The average molecular weight is 724 g/mol. The van der Waals surface area contributed by atoms with Crippen LogP contribution in [0.2, 0.25) is 0 Å². The number of alkyl halides is 2. The van der Waals surface area contributed by atoms with Crippen molar-refractivity contribution in [3.63, 3.8) is 0 Å². The lowest BCUT2D eigenvalue weighted by atomic mass is 9.84. The zero-order chi connectivity index (χ0) is 36.0. The second kappa shape index (κ2) is 13.6. The first-order valence-electron chi connectivity index (χ1n) is 16.5. The van der Waals surface area contributed by atoms with Crippen LogP contribution in [0.3, 0.4) is 0 Å². The van der Waals surface area contributed by atoms with Crippen molar-refractivity contribution in [3.8, 4) is 0 Å². The molecule has 3 amide bonds. The van der Waals surface area contributed by atoms with Crippen molar-refractivity contribution >= 4 is 46.7 Å². The Morgan fingerprint density at radius 1 is 0.960 bits per heavy atom. The van der Waals surface area contributed by atoms with Gasteiger partial charge in [0.1, 0.15) is 12.1 Å². The number of rotatable bonds is 7. The summed E-state index contributed by atoms with van der Waals surface area (Å²) in [7, 11) is -5.78. The predicted octanol–water partition coefficient (Wildman–Crippen LogP) is 6.63. The van der Waals surface area contributed by atoms with Gasteiger partial charge in [-0.05, 0) is 58.5 Å². The van der Waals surface area contributed by atoms with E-state index in [0.717, 1.165) is 47.4 Å². The Labute approximate surface area is 293 Å². The number of likely N-dealkylation sites (tertiary alicyclic amines) is 1. The lowest BCUT2D eigenvalue weighted by Crippen LogP contribution is -2.61. The van der Waals surface area contributed by atoms with Crippen molar-refractivity contribution in [1.82, 2.24) is 15.1 Å². The highest BCUT2D eigenvalue weighted by Crippen LogP contribution is 2.59. The molecule has 50 heavy (non-hydrogen) atoms. The summed E-state index contributed by atoms with van der Waals surface area (Å²) in [4.78, 5) is 64.7. The molecule has 1 unspecified atom stereocenters. The number of benzene rings is 3. The summed E-state index contributed by atoms with van der Waals surface area (Å²) >= 11 is 1.01. The number of hydrogen-bond donors (Lipinski definition) is 3. The summed E-state index contributed by atoms with van der Waals surface area (Å²) < 4.78 is 40.7. The zero-order valence-corrected chi connectivity index (χ0v) is 29.7. The number of halogens is 2. The van der Waals surface area contributed by atoms with E-state index in [4.69, 9.17) is 0 Å². The second-order valence-corrected chi connectivity index (χ2v) is 16.9. The summed E-state index contributed by atoms with van der Waals surface area (Å²) in [5.41, 5.74) is -2.94. The number of carbonyl (C=O) groups is 3. The van der Waals surface area contributed by atoms with Crippen LogP contribution in [0.15, 0.2) is 78.9 Å². The first-order valence-corrected chi connectivity index (χ1v) is 19.0. The van der Waals surface area contributed by atoms with E-state index in [1.165, 1.54) is 17.7 Å². The molecular weight excluding hydrogens is 683 g/mol. The Kier molecular flexibility index (Phi) is 9.78. The van der Waals surface area contributed by atoms with Crippen LogP contribution >= 0.6 is 18.9 Å². The van der Waals surface area contributed by atoms with Gasteiger partial charge < -0.3 is 24.9 Å². The molecule has 9 nitrogen and oxygen atoms in total. The van der Waals surface area contributed by atoms with Crippen molar-refractivity contribution < 1.29 is 37.5 Å². The Morgan fingerprint density at radius 2 is 1.64 bits per heavy atom. The van der Waals surface area contributed by atoms with Gasteiger partial charge in [-0.15, -0.1) is 11.3 Å². The highest BCUT2D eigenvalue weighted by Gasteiger charge is 2.50. The molecule has 3 atom stereocenters. The molecule has 3 N–H and O–H groups in total. The lowest BCUT2D eigenvalue weighted by Gasteiger charge is -2.43. The topological polar surface area (TPSA) is 127 Å². The predicted molar refractivity (Wildman–Crippen MR) is 188 cm³/mol. The fourth-order valence-electron chi connectivity index (χ4n) is 6.89. The molecule has 3 aromatic carbocycles. The molecule has 264 valence electrons. The van der Waals surface area contributed by atoms with Crippen molar-refractivity contribution in [2.24, 2.45) is 5.41 Å². The minimum Gasteiger partial charge on any atom is -0.340 e.